The standard InChI is InChI=1S/C20H20ClF3N2O4S/c1-14-2-5-16(6-3-14)31(28,29)26(13-19(27)25-8-10-30-11-9-25)15-4-7-18(21)17(12-15)20(22,23)24/h2-7,12H,8-11,13H2,1H3. The van der Waals surface area contributed by atoms with Gasteiger partial charge < -0.3 is 9.64 Å². The van der Waals surface area contributed by atoms with Crippen molar-refractivity contribution in [1.82, 2.24) is 4.90 Å². The lowest BCUT2D eigenvalue weighted by Crippen LogP contribution is -2.47. The van der Waals surface area contributed by atoms with Crippen LogP contribution in [-0.2, 0) is 25.7 Å². The summed E-state index contributed by atoms with van der Waals surface area (Å²) in [6.45, 7) is 2.25. The fraction of sp³-hybridized carbons (Fsp3) is 0.350. The van der Waals surface area contributed by atoms with Crippen LogP contribution < -0.4 is 4.31 Å². The number of rotatable bonds is 5. The number of amides is 1. The topological polar surface area (TPSA) is 66.9 Å². The first-order chi connectivity index (χ1) is 14.5. The Morgan fingerprint density at radius 2 is 1.74 bits per heavy atom. The smallest absolute Gasteiger partial charge is 0.378 e. The summed E-state index contributed by atoms with van der Waals surface area (Å²) in [7, 11) is -4.34. The highest BCUT2D eigenvalue weighted by Gasteiger charge is 2.36. The number of aryl methyl sites for hydroxylation is 1. The van der Waals surface area contributed by atoms with Gasteiger partial charge in [0.25, 0.3) is 10.0 Å². The molecule has 6 nitrogen and oxygen atoms in total. The van der Waals surface area contributed by atoms with E-state index in [0.717, 1.165) is 17.7 Å². The van der Waals surface area contributed by atoms with Gasteiger partial charge in [0, 0.05) is 13.1 Å². The van der Waals surface area contributed by atoms with Crippen molar-refractivity contribution in [3.05, 3.63) is 58.6 Å². The third kappa shape index (κ3) is 5.31. The van der Waals surface area contributed by atoms with Crippen LogP contribution >= 0.6 is 11.6 Å². The van der Waals surface area contributed by atoms with Gasteiger partial charge in [-0.3, -0.25) is 9.10 Å². The first kappa shape index (κ1) is 23.4. The maximum atomic E-state index is 13.4. The van der Waals surface area contributed by atoms with Gasteiger partial charge in [0.15, 0.2) is 0 Å². The van der Waals surface area contributed by atoms with Crippen molar-refractivity contribution >= 4 is 33.2 Å². The summed E-state index contributed by atoms with van der Waals surface area (Å²) in [5.41, 5.74) is -0.686. The van der Waals surface area contributed by atoms with Crippen LogP contribution in [0.3, 0.4) is 0 Å². The van der Waals surface area contributed by atoms with Gasteiger partial charge in [-0.1, -0.05) is 29.3 Å². The molecular weight excluding hydrogens is 457 g/mol. The van der Waals surface area contributed by atoms with E-state index in [1.807, 2.05) is 0 Å². The highest BCUT2D eigenvalue weighted by atomic mass is 35.5. The predicted octanol–water partition coefficient (Wildman–Crippen LogP) is 3.72. The Hall–Kier alpha value is -2.30. The highest BCUT2D eigenvalue weighted by Crippen LogP contribution is 2.38. The summed E-state index contributed by atoms with van der Waals surface area (Å²) in [5, 5.41) is -0.566. The molecule has 1 aliphatic heterocycles. The molecule has 0 N–H and O–H groups in total. The largest absolute Gasteiger partial charge is 0.417 e. The number of hydrogen-bond acceptors (Lipinski definition) is 4. The van der Waals surface area contributed by atoms with Crippen molar-refractivity contribution < 1.29 is 31.1 Å². The lowest BCUT2D eigenvalue weighted by Gasteiger charge is -2.31. The van der Waals surface area contributed by atoms with Crippen LogP contribution in [0.25, 0.3) is 0 Å². The Balaban J connectivity index is 2.06. The molecule has 1 heterocycles. The van der Waals surface area contributed by atoms with Crippen molar-refractivity contribution in [3.8, 4) is 0 Å². The predicted molar refractivity (Wildman–Crippen MR) is 110 cm³/mol. The van der Waals surface area contributed by atoms with Gasteiger partial charge in [0.1, 0.15) is 6.54 Å². The van der Waals surface area contributed by atoms with Gasteiger partial charge in [0.05, 0.1) is 34.4 Å². The van der Waals surface area contributed by atoms with E-state index >= 15 is 0 Å². The number of halogens is 4. The highest BCUT2D eigenvalue weighted by molar-refractivity contribution is 7.92. The summed E-state index contributed by atoms with van der Waals surface area (Å²) in [5.74, 6) is -0.539. The van der Waals surface area contributed by atoms with E-state index in [1.54, 1.807) is 19.1 Å². The van der Waals surface area contributed by atoms with E-state index in [-0.39, 0.29) is 23.7 Å². The summed E-state index contributed by atoms with van der Waals surface area (Å²) in [4.78, 5) is 14.1. The Labute approximate surface area is 183 Å². The molecule has 2 aromatic carbocycles. The number of benzene rings is 2. The molecule has 3 rings (SSSR count). The number of ether oxygens (including phenoxy) is 1. The van der Waals surface area contributed by atoms with Gasteiger partial charge >= 0.3 is 6.18 Å². The average Bonchev–Trinajstić information content (AvgIpc) is 2.72. The molecule has 11 heteroatoms. The van der Waals surface area contributed by atoms with Gasteiger partial charge in [0.2, 0.25) is 5.91 Å². The van der Waals surface area contributed by atoms with Crippen LogP contribution in [0.1, 0.15) is 11.1 Å². The Bertz CT molecular complexity index is 1050. The molecule has 0 saturated carbocycles. The molecule has 168 valence electrons. The third-order valence-electron chi connectivity index (χ3n) is 4.79. The van der Waals surface area contributed by atoms with Crippen molar-refractivity contribution in [3.63, 3.8) is 0 Å². The van der Waals surface area contributed by atoms with Gasteiger partial charge in [-0.2, -0.15) is 13.2 Å². The Morgan fingerprint density at radius 1 is 1.13 bits per heavy atom. The molecule has 2 aromatic rings. The summed E-state index contributed by atoms with van der Waals surface area (Å²) in [6, 6.07) is 8.58. The maximum absolute atomic E-state index is 13.4. The van der Waals surface area contributed by atoms with E-state index in [1.165, 1.54) is 17.0 Å². The van der Waals surface area contributed by atoms with Gasteiger partial charge in [-0.15, -0.1) is 0 Å². The fourth-order valence-electron chi connectivity index (χ4n) is 3.07. The Morgan fingerprint density at radius 3 is 2.32 bits per heavy atom. The third-order valence-corrected chi connectivity index (χ3v) is 6.91. The lowest BCUT2D eigenvalue weighted by atomic mass is 10.2. The van der Waals surface area contributed by atoms with Gasteiger partial charge in [-0.25, -0.2) is 8.42 Å². The SMILES string of the molecule is Cc1ccc(S(=O)(=O)N(CC(=O)N2CCOCC2)c2ccc(Cl)c(C(F)(F)F)c2)cc1. The minimum absolute atomic E-state index is 0.142. The van der Waals surface area contributed by atoms with Crippen molar-refractivity contribution in [2.24, 2.45) is 0 Å². The van der Waals surface area contributed by atoms with E-state index < -0.39 is 39.2 Å². The van der Waals surface area contributed by atoms with Crippen molar-refractivity contribution in [2.45, 2.75) is 18.0 Å². The van der Waals surface area contributed by atoms with E-state index in [2.05, 4.69) is 0 Å². The van der Waals surface area contributed by atoms with Crippen LogP contribution in [0.2, 0.25) is 5.02 Å². The molecule has 0 aromatic heterocycles. The first-order valence-corrected chi connectivity index (χ1v) is 11.1. The minimum atomic E-state index is -4.79. The maximum Gasteiger partial charge on any atom is 0.417 e. The summed E-state index contributed by atoms with van der Waals surface area (Å²) in [6.07, 6.45) is -4.79. The number of alkyl halides is 3. The molecule has 1 saturated heterocycles. The van der Waals surface area contributed by atoms with Crippen LogP contribution in [-0.4, -0.2) is 52.1 Å². The molecule has 0 bridgehead atoms. The molecule has 0 unspecified atom stereocenters. The quantitative estimate of drug-likeness (QED) is 0.659. The monoisotopic (exact) mass is 476 g/mol. The molecular formula is C20H20ClF3N2O4S. The molecule has 31 heavy (non-hydrogen) atoms. The van der Waals surface area contributed by atoms with Crippen molar-refractivity contribution in [1.29, 1.82) is 0 Å². The second kappa shape index (κ2) is 9.05. The van der Waals surface area contributed by atoms with Gasteiger partial charge in [-0.05, 0) is 37.3 Å². The second-order valence-corrected chi connectivity index (χ2v) is 9.25. The fourth-order valence-corrected chi connectivity index (χ4v) is 4.70. The number of morpholine rings is 1. The molecule has 0 aliphatic carbocycles. The average molecular weight is 477 g/mol. The van der Waals surface area contributed by atoms with E-state index in [9.17, 15) is 26.4 Å². The zero-order valence-electron chi connectivity index (χ0n) is 16.5. The van der Waals surface area contributed by atoms with Crippen LogP contribution in [0.5, 0.6) is 0 Å². The first-order valence-electron chi connectivity index (χ1n) is 9.32. The lowest BCUT2D eigenvalue weighted by molar-refractivity contribution is -0.137. The number of carbonyl (C=O) groups is 1. The number of carbonyl (C=O) groups excluding carboxylic acids is 1. The van der Waals surface area contributed by atoms with E-state index in [0.29, 0.717) is 23.6 Å². The number of sulfonamides is 1. The number of anilines is 1. The summed E-state index contributed by atoms with van der Waals surface area (Å²) < 4.78 is 72.6. The zero-order chi connectivity index (χ0) is 22.8. The van der Waals surface area contributed by atoms with Crippen LogP contribution in [0, 0.1) is 6.92 Å². The van der Waals surface area contributed by atoms with Crippen LogP contribution in [0.15, 0.2) is 47.4 Å². The summed E-state index contributed by atoms with van der Waals surface area (Å²) >= 11 is 5.68. The second-order valence-electron chi connectivity index (χ2n) is 6.98. The van der Waals surface area contributed by atoms with Crippen molar-refractivity contribution in [2.75, 3.05) is 37.2 Å². The number of hydrogen-bond donors (Lipinski definition) is 0. The van der Waals surface area contributed by atoms with E-state index in [4.69, 9.17) is 16.3 Å². The zero-order valence-corrected chi connectivity index (χ0v) is 18.1. The molecule has 1 aliphatic rings. The number of nitrogens with zero attached hydrogens (tertiary/aromatic N) is 2. The van der Waals surface area contributed by atoms with Crippen LogP contribution in [0.4, 0.5) is 18.9 Å². The normalized spacial score (nSPS) is 15.1. The molecule has 0 spiro atoms. The molecule has 0 atom stereocenters. The minimum Gasteiger partial charge on any atom is -0.378 e. The Kier molecular flexibility index (Phi) is 6.82. The molecule has 0 radical (unpaired) electrons. The molecule has 1 fully saturated rings. The molecule has 1 amide bonds.